The molecule has 1 aliphatic carbocycles. The zero-order chi connectivity index (χ0) is 15.5. The van der Waals surface area contributed by atoms with Gasteiger partial charge in [0.05, 0.1) is 11.6 Å². The van der Waals surface area contributed by atoms with Gasteiger partial charge in [0, 0.05) is 6.54 Å². The molecule has 2 aliphatic rings. The normalized spacial score (nSPS) is 31.6. The standard InChI is InChI=1S/C17H32N2O2/c1-4-13-5-10-18-14(11-13)15(20)19-12-17(21)8-6-16(2,3)7-9-17/h13-14,18,21H,4-12H2,1-3H3,(H,19,20). The van der Waals surface area contributed by atoms with E-state index in [0.717, 1.165) is 45.1 Å². The van der Waals surface area contributed by atoms with Crippen molar-refractivity contribution >= 4 is 5.91 Å². The van der Waals surface area contributed by atoms with E-state index in [9.17, 15) is 9.90 Å². The number of hydrogen-bond donors (Lipinski definition) is 3. The van der Waals surface area contributed by atoms with E-state index in [4.69, 9.17) is 0 Å². The highest BCUT2D eigenvalue weighted by Crippen LogP contribution is 2.39. The van der Waals surface area contributed by atoms with Crippen LogP contribution in [-0.2, 0) is 4.79 Å². The zero-order valence-electron chi connectivity index (χ0n) is 13.9. The molecule has 3 N–H and O–H groups in total. The molecule has 1 heterocycles. The lowest BCUT2D eigenvalue weighted by Crippen LogP contribution is -2.53. The van der Waals surface area contributed by atoms with Gasteiger partial charge < -0.3 is 15.7 Å². The first-order valence-electron chi connectivity index (χ1n) is 8.57. The number of amides is 1. The maximum atomic E-state index is 12.3. The number of aliphatic hydroxyl groups is 1. The number of piperidine rings is 1. The van der Waals surface area contributed by atoms with Crippen molar-refractivity contribution in [3.8, 4) is 0 Å². The van der Waals surface area contributed by atoms with Crippen molar-refractivity contribution in [3.05, 3.63) is 0 Å². The molecule has 122 valence electrons. The van der Waals surface area contributed by atoms with Crippen molar-refractivity contribution in [3.63, 3.8) is 0 Å². The third-order valence-corrected chi connectivity index (χ3v) is 5.53. The van der Waals surface area contributed by atoms with Crippen LogP contribution < -0.4 is 10.6 Å². The summed E-state index contributed by atoms with van der Waals surface area (Å²) in [5, 5.41) is 16.9. The molecular formula is C17H32N2O2. The number of carbonyl (C=O) groups excluding carboxylic acids is 1. The largest absolute Gasteiger partial charge is 0.388 e. The van der Waals surface area contributed by atoms with Crippen molar-refractivity contribution in [2.24, 2.45) is 11.3 Å². The fourth-order valence-corrected chi connectivity index (χ4v) is 3.51. The predicted molar refractivity (Wildman–Crippen MR) is 85.0 cm³/mol. The number of rotatable bonds is 4. The van der Waals surface area contributed by atoms with E-state index < -0.39 is 5.60 Å². The van der Waals surface area contributed by atoms with Crippen LogP contribution in [0, 0.1) is 11.3 Å². The van der Waals surface area contributed by atoms with Crippen molar-refractivity contribution in [1.29, 1.82) is 0 Å². The Labute approximate surface area is 129 Å². The minimum atomic E-state index is -0.704. The van der Waals surface area contributed by atoms with Crippen molar-refractivity contribution in [2.45, 2.75) is 77.4 Å². The second-order valence-corrected chi connectivity index (χ2v) is 7.91. The predicted octanol–water partition coefficient (Wildman–Crippen LogP) is 2.21. The summed E-state index contributed by atoms with van der Waals surface area (Å²) in [5.74, 6) is 0.715. The van der Waals surface area contributed by atoms with Crippen LogP contribution in [0.3, 0.4) is 0 Å². The molecule has 2 rings (SSSR count). The van der Waals surface area contributed by atoms with Crippen LogP contribution in [0.25, 0.3) is 0 Å². The van der Waals surface area contributed by atoms with Gasteiger partial charge in [0.2, 0.25) is 5.91 Å². The second kappa shape index (κ2) is 6.66. The van der Waals surface area contributed by atoms with Gasteiger partial charge in [-0.2, -0.15) is 0 Å². The molecule has 2 fully saturated rings. The minimum Gasteiger partial charge on any atom is -0.388 e. The Morgan fingerprint density at radius 1 is 1.29 bits per heavy atom. The van der Waals surface area contributed by atoms with Crippen LogP contribution in [0.2, 0.25) is 0 Å². The molecule has 0 bridgehead atoms. The summed E-state index contributed by atoms with van der Waals surface area (Å²) in [6.45, 7) is 8.02. The lowest BCUT2D eigenvalue weighted by molar-refractivity contribution is -0.126. The topological polar surface area (TPSA) is 61.4 Å². The van der Waals surface area contributed by atoms with Gasteiger partial charge in [-0.3, -0.25) is 4.79 Å². The molecule has 1 saturated carbocycles. The molecule has 4 nitrogen and oxygen atoms in total. The van der Waals surface area contributed by atoms with Gasteiger partial charge in [0.1, 0.15) is 0 Å². The van der Waals surface area contributed by atoms with Gasteiger partial charge in [-0.25, -0.2) is 0 Å². The first-order chi connectivity index (χ1) is 9.84. The molecule has 1 amide bonds. The Balaban J connectivity index is 1.78. The van der Waals surface area contributed by atoms with Crippen LogP contribution in [0.5, 0.6) is 0 Å². The molecule has 0 aromatic rings. The first kappa shape index (κ1) is 16.8. The number of nitrogens with one attached hydrogen (secondary N) is 2. The van der Waals surface area contributed by atoms with Crippen LogP contribution in [0.15, 0.2) is 0 Å². The summed E-state index contributed by atoms with van der Waals surface area (Å²) in [5.41, 5.74) is -0.375. The smallest absolute Gasteiger partial charge is 0.237 e. The summed E-state index contributed by atoms with van der Waals surface area (Å²) in [7, 11) is 0. The van der Waals surface area contributed by atoms with Crippen molar-refractivity contribution in [2.75, 3.05) is 13.1 Å². The average Bonchev–Trinajstić information content (AvgIpc) is 2.48. The van der Waals surface area contributed by atoms with E-state index in [2.05, 4.69) is 31.4 Å². The highest BCUT2D eigenvalue weighted by Gasteiger charge is 2.37. The maximum absolute atomic E-state index is 12.3. The van der Waals surface area contributed by atoms with E-state index in [1.807, 2.05) is 0 Å². The molecule has 1 aliphatic heterocycles. The molecule has 4 heteroatoms. The van der Waals surface area contributed by atoms with E-state index in [1.54, 1.807) is 0 Å². The van der Waals surface area contributed by atoms with E-state index >= 15 is 0 Å². The Morgan fingerprint density at radius 2 is 1.95 bits per heavy atom. The molecule has 1 saturated heterocycles. The zero-order valence-corrected chi connectivity index (χ0v) is 13.9. The van der Waals surface area contributed by atoms with Gasteiger partial charge in [-0.15, -0.1) is 0 Å². The quantitative estimate of drug-likeness (QED) is 0.745. The molecular weight excluding hydrogens is 264 g/mol. The van der Waals surface area contributed by atoms with Crippen molar-refractivity contribution in [1.82, 2.24) is 10.6 Å². The molecule has 0 spiro atoms. The Bertz CT molecular complexity index is 358. The van der Waals surface area contributed by atoms with Gasteiger partial charge >= 0.3 is 0 Å². The van der Waals surface area contributed by atoms with E-state index in [0.29, 0.717) is 17.9 Å². The minimum absolute atomic E-state index is 0.0615. The van der Waals surface area contributed by atoms with Crippen molar-refractivity contribution < 1.29 is 9.90 Å². The lowest BCUT2D eigenvalue weighted by atomic mass is 9.71. The summed E-state index contributed by atoms with van der Waals surface area (Å²) in [6.07, 6.45) is 6.86. The SMILES string of the molecule is CCC1CCNC(C(=O)NCC2(O)CCC(C)(C)CC2)C1. The number of carbonyl (C=O) groups is 1. The molecule has 2 atom stereocenters. The highest BCUT2D eigenvalue weighted by molar-refractivity contribution is 5.81. The van der Waals surface area contributed by atoms with Crippen LogP contribution >= 0.6 is 0 Å². The first-order valence-corrected chi connectivity index (χ1v) is 8.57. The van der Waals surface area contributed by atoms with E-state index in [1.165, 1.54) is 6.42 Å². The molecule has 21 heavy (non-hydrogen) atoms. The second-order valence-electron chi connectivity index (χ2n) is 7.91. The van der Waals surface area contributed by atoms with Gasteiger partial charge in [-0.05, 0) is 56.4 Å². The highest BCUT2D eigenvalue weighted by atomic mass is 16.3. The van der Waals surface area contributed by atoms with Crippen LogP contribution in [0.4, 0.5) is 0 Å². The summed E-state index contributed by atoms with van der Waals surface area (Å²) < 4.78 is 0. The monoisotopic (exact) mass is 296 g/mol. The van der Waals surface area contributed by atoms with Gasteiger partial charge in [0.15, 0.2) is 0 Å². The Kier molecular flexibility index (Phi) is 5.31. The summed E-state index contributed by atoms with van der Waals surface area (Å²) in [6, 6.07) is -0.0765. The molecule has 0 radical (unpaired) electrons. The van der Waals surface area contributed by atoms with Gasteiger partial charge in [-0.1, -0.05) is 27.2 Å². The van der Waals surface area contributed by atoms with Crippen LogP contribution in [-0.4, -0.2) is 35.7 Å². The maximum Gasteiger partial charge on any atom is 0.237 e. The number of hydrogen-bond acceptors (Lipinski definition) is 3. The Hall–Kier alpha value is -0.610. The van der Waals surface area contributed by atoms with Crippen LogP contribution in [0.1, 0.15) is 65.7 Å². The van der Waals surface area contributed by atoms with Gasteiger partial charge in [0.25, 0.3) is 0 Å². The summed E-state index contributed by atoms with van der Waals surface area (Å²) >= 11 is 0. The fraction of sp³-hybridized carbons (Fsp3) is 0.941. The average molecular weight is 296 g/mol. The molecule has 0 aromatic carbocycles. The summed E-state index contributed by atoms with van der Waals surface area (Å²) in [4.78, 5) is 12.3. The molecule has 0 aromatic heterocycles. The fourth-order valence-electron chi connectivity index (χ4n) is 3.51. The Morgan fingerprint density at radius 3 is 2.57 bits per heavy atom. The lowest BCUT2D eigenvalue weighted by Gasteiger charge is -2.40. The third-order valence-electron chi connectivity index (χ3n) is 5.53. The molecule has 2 unspecified atom stereocenters. The third kappa shape index (κ3) is 4.68. The van der Waals surface area contributed by atoms with E-state index in [-0.39, 0.29) is 11.9 Å².